The van der Waals surface area contributed by atoms with Crippen molar-refractivity contribution in [2.45, 2.75) is 25.0 Å². The Bertz CT molecular complexity index is 146. The zero-order chi connectivity index (χ0) is 8.55. The first-order valence-electron chi connectivity index (χ1n) is 5.11. The van der Waals surface area contributed by atoms with Crippen molar-refractivity contribution in [1.82, 2.24) is 4.90 Å². The summed E-state index contributed by atoms with van der Waals surface area (Å²) in [5, 5.41) is 1.01. The Balaban J connectivity index is 1.99. The van der Waals surface area contributed by atoms with E-state index >= 15 is 0 Å². The molecular weight excluding hydrogens is 166 g/mol. The summed E-state index contributed by atoms with van der Waals surface area (Å²) in [6.07, 6.45) is 2.99. The van der Waals surface area contributed by atoms with Gasteiger partial charge in [-0.05, 0) is 37.5 Å². The summed E-state index contributed by atoms with van der Waals surface area (Å²) in [5.41, 5.74) is 0. The summed E-state index contributed by atoms with van der Waals surface area (Å²) in [4.78, 5) is 2.52. The molecule has 1 nitrogen and oxygen atoms in total. The minimum atomic E-state index is 1.01. The first kappa shape index (κ1) is 8.89. The highest BCUT2D eigenvalue weighted by atomic mass is 32.2. The van der Waals surface area contributed by atoms with Crippen LogP contribution in [0.4, 0.5) is 0 Å². The summed E-state index contributed by atoms with van der Waals surface area (Å²) < 4.78 is 0. The SMILES string of the molecule is CCSC1C2CCC1CN(C)C2. The Kier molecular flexibility index (Phi) is 2.66. The molecule has 1 heterocycles. The van der Waals surface area contributed by atoms with Gasteiger partial charge in [-0.15, -0.1) is 0 Å². The molecular formula is C10H19NS. The number of hydrogen-bond acceptors (Lipinski definition) is 2. The van der Waals surface area contributed by atoms with Crippen molar-refractivity contribution < 1.29 is 0 Å². The molecule has 1 aliphatic carbocycles. The molecule has 1 aliphatic heterocycles. The Morgan fingerprint density at radius 1 is 1.25 bits per heavy atom. The van der Waals surface area contributed by atoms with Gasteiger partial charge in [0.05, 0.1) is 0 Å². The van der Waals surface area contributed by atoms with Gasteiger partial charge >= 0.3 is 0 Å². The highest BCUT2D eigenvalue weighted by molar-refractivity contribution is 7.99. The molecule has 2 rings (SSSR count). The second-order valence-corrected chi connectivity index (χ2v) is 5.69. The number of likely N-dealkylation sites (tertiary alicyclic amines) is 1. The van der Waals surface area contributed by atoms with E-state index in [0.717, 1.165) is 17.1 Å². The number of hydrogen-bond donors (Lipinski definition) is 0. The van der Waals surface area contributed by atoms with Gasteiger partial charge in [0.2, 0.25) is 0 Å². The Morgan fingerprint density at radius 3 is 2.33 bits per heavy atom. The number of nitrogens with zero attached hydrogens (tertiary/aromatic N) is 1. The molecule has 2 heteroatoms. The molecule has 12 heavy (non-hydrogen) atoms. The molecule has 1 saturated heterocycles. The number of rotatable bonds is 2. The lowest BCUT2D eigenvalue weighted by molar-refractivity contribution is 0.210. The predicted octanol–water partition coefficient (Wildman–Crippen LogP) is 2.08. The van der Waals surface area contributed by atoms with Crippen LogP contribution >= 0.6 is 11.8 Å². The molecule has 2 unspecified atom stereocenters. The van der Waals surface area contributed by atoms with Crippen LogP contribution in [0.5, 0.6) is 0 Å². The molecule has 2 fully saturated rings. The maximum absolute atomic E-state index is 2.52. The van der Waals surface area contributed by atoms with Gasteiger partial charge in [-0.25, -0.2) is 0 Å². The fraction of sp³-hybridized carbons (Fsp3) is 1.00. The van der Waals surface area contributed by atoms with Gasteiger partial charge in [0.15, 0.2) is 0 Å². The van der Waals surface area contributed by atoms with Crippen molar-refractivity contribution in [2.24, 2.45) is 11.8 Å². The van der Waals surface area contributed by atoms with E-state index in [2.05, 4.69) is 30.6 Å². The molecule has 0 aromatic heterocycles. The Morgan fingerprint density at radius 2 is 1.83 bits per heavy atom. The van der Waals surface area contributed by atoms with Crippen LogP contribution in [0.15, 0.2) is 0 Å². The van der Waals surface area contributed by atoms with Crippen molar-refractivity contribution in [1.29, 1.82) is 0 Å². The average Bonchev–Trinajstić information content (AvgIpc) is 2.32. The van der Waals surface area contributed by atoms with Crippen molar-refractivity contribution in [3.63, 3.8) is 0 Å². The molecule has 2 bridgehead atoms. The summed E-state index contributed by atoms with van der Waals surface area (Å²) in [5.74, 6) is 3.33. The zero-order valence-corrected chi connectivity index (χ0v) is 8.94. The second-order valence-electron chi connectivity index (χ2n) is 4.24. The van der Waals surface area contributed by atoms with Crippen molar-refractivity contribution in [2.75, 3.05) is 25.9 Å². The van der Waals surface area contributed by atoms with Crippen molar-refractivity contribution >= 4 is 11.8 Å². The zero-order valence-electron chi connectivity index (χ0n) is 8.12. The van der Waals surface area contributed by atoms with Crippen LogP contribution < -0.4 is 0 Å². The number of fused-ring (bicyclic) bond motifs is 2. The van der Waals surface area contributed by atoms with Crippen LogP contribution in [-0.2, 0) is 0 Å². The summed E-state index contributed by atoms with van der Waals surface area (Å²) in [7, 11) is 2.28. The average molecular weight is 185 g/mol. The van der Waals surface area contributed by atoms with Crippen LogP contribution in [0.1, 0.15) is 19.8 Å². The van der Waals surface area contributed by atoms with Crippen LogP contribution in [-0.4, -0.2) is 36.0 Å². The number of thioether (sulfide) groups is 1. The highest BCUT2D eigenvalue weighted by Gasteiger charge is 2.40. The van der Waals surface area contributed by atoms with Crippen LogP contribution in [0, 0.1) is 11.8 Å². The molecule has 70 valence electrons. The summed E-state index contributed by atoms with van der Waals surface area (Å²) >= 11 is 2.21. The van der Waals surface area contributed by atoms with Gasteiger partial charge in [-0.2, -0.15) is 11.8 Å². The first-order chi connectivity index (χ1) is 5.81. The van der Waals surface area contributed by atoms with Crippen LogP contribution in [0.3, 0.4) is 0 Å². The van der Waals surface area contributed by atoms with Gasteiger partial charge in [-0.1, -0.05) is 6.92 Å². The molecule has 0 amide bonds. The van der Waals surface area contributed by atoms with E-state index in [4.69, 9.17) is 0 Å². The third-order valence-electron chi connectivity index (χ3n) is 3.29. The van der Waals surface area contributed by atoms with Gasteiger partial charge in [0, 0.05) is 18.3 Å². The van der Waals surface area contributed by atoms with E-state index in [9.17, 15) is 0 Å². The van der Waals surface area contributed by atoms with Gasteiger partial charge in [0.25, 0.3) is 0 Å². The Hall–Kier alpha value is 0.310. The lowest BCUT2D eigenvalue weighted by atomic mass is 9.99. The topological polar surface area (TPSA) is 3.24 Å². The molecule has 0 radical (unpaired) electrons. The smallest absolute Gasteiger partial charge is 0.0128 e. The van der Waals surface area contributed by atoms with Gasteiger partial charge < -0.3 is 4.90 Å². The largest absolute Gasteiger partial charge is 0.306 e. The minimum absolute atomic E-state index is 1.01. The van der Waals surface area contributed by atoms with Gasteiger partial charge in [0.1, 0.15) is 0 Å². The molecule has 1 saturated carbocycles. The van der Waals surface area contributed by atoms with E-state index in [1.165, 1.54) is 31.7 Å². The summed E-state index contributed by atoms with van der Waals surface area (Å²) in [6, 6.07) is 0. The summed E-state index contributed by atoms with van der Waals surface area (Å²) in [6.45, 7) is 5.00. The Labute approximate surface area is 79.9 Å². The van der Waals surface area contributed by atoms with Crippen LogP contribution in [0.25, 0.3) is 0 Å². The molecule has 0 N–H and O–H groups in total. The van der Waals surface area contributed by atoms with Gasteiger partial charge in [-0.3, -0.25) is 0 Å². The van der Waals surface area contributed by atoms with Crippen molar-refractivity contribution in [3.8, 4) is 0 Å². The maximum atomic E-state index is 2.52. The monoisotopic (exact) mass is 185 g/mol. The van der Waals surface area contributed by atoms with Crippen molar-refractivity contribution in [3.05, 3.63) is 0 Å². The standard InChI is InChI=1S/C10H19NS/c1-3-12-10-8-4-5-9(10)7-11(2)6-8/h8-10H,3-7H2,1-2H3. The lowest BCUT2D eigenvalue weighted by Crippen LogP contribution is -2.41. The van der Waals surface area contributed by atoms with E-state index in [0.29, 0.717) is 0 Å². The third-order valence-corrected chi connectivity index (χ3v) is 4.78. The van der Waals surface area contributed by atoms with E-state index in [-0.39, 0.29) is 0 Å². The third kappa shape index (κ3) is 1.51. The van der Waals surface area contributed by atoms with Crippen LogP contribution in [0.2, 0.25) is 0 Å². The fourth-order valence-corrected chi connectivity index (χ4v) is 4.25. The minimum Gasteiger partial charge on any atom is -0.306 e. The molecule has 0 spiro atoms. The first-order valence-corrected chi connectivity index (χ1v) is 6.16. The maximum Gasteiger partial charge on any atom is 0.0128 e. The quantitative estimate of drug-likeness (QED) is 0.648. The lowest BCUT2D eigenvalue weighted by Gasteiger charge is -2.35. The molecule has 2 aliphatic rings. The fourth-order valence-electron chi connectivity index (χ4n) is 2.87. The van der Waals surface area contributed by atoms with E-state index in [1.54, 1.807) is 0 Å². The molecule has 2 atom stereocenters. The molecule has 0 aromatic carbocycles. The predicted molar refractivity (Wildman–Crippen MR) is 55.6 cm³/mol. The van der Waals surface area contributed by atoms with E-state index < -0.39 is 0 Å². The normalized spacial score (nSPS) is 42.0. The molecule has 0 aromatic rings. The highest BCUT2D eigenvalue weighted by Crippen LogP contribution is 2.43. The van der Waals surface area contributed by atoms with E-state index in [1.807, 2.05) is 0 Å². The second kappa shape index (κ2) is 3.59. The number of piperidine rings is 1.